The summed E-state index contributed by atoms with van der Waals surface area (Å²) < 4.78 is 14.2. The monoisotopic (exact) mass is 300 g/mol. The van der Waals surface area contributed by atoms with E-state index in [0.717, 1.165) is 23.2 Å². The summed E-state index contributed by atoms with van der Waals surface area (Å²) in [5, 5.41) is 5.80. The van der Waals surface area contributed by atoms with Crippen molar-refractivity contribution in [3.8, 4) is 11.1 Å². The fourth-order valence-electron chi connectivity index (χ4n) is 2.16. The quantitative estimate of drug-likeness (QED) is 0.805. The average Bonchev–Trinajstić information content (AvgIpc) is 2.52. The number of aryl methyl sites for hydroxylation is 1. The lowest BCUT2D eigenvalue weighted by molar-refractivity contribution is 0.0950. The van der Waals surface area contributed by atoms with E-state index in [1.165, 1.54) is 12.1 Å². The number of carbonyl (C=O) groups excluding carboxylic acids is 1. The van der Waals surface area contributed by atoms with Gasteiger partial charge >= 0.3 is 0 Å². The molecule has 0 spiro atoms. The molecule has 0 saturated heterocycles. The van der Waals surface area contributed by atoms with E-state index in [0.29, 0.717) is 13.1 Å². The Labute approximate surface area is 130 Å². The summed E-state index contributed by atoms with van der Waals surface area (Å²) in [5.41, 5.74) is 2.93. The van der Waals surface area contributed by atoms with Crippen LogP contribution in [0.15, 0.2) is 42.5 Å². The fraction of sp³-hybridized carbons (Fsp3) is 0.278. The van der Waals surface area contributed by atoms with Crippen LogP contribution >= 0.6 is 0 Å². The third kappa shape index (κ3) is 4.15. The van der Waals surface area contributed by atoms with Gasteiger partial charge in [-0.05, 0) is 36.7 Å². The molecule has 4 heteroatoms. The minimum Gasteiger partial charge on any atom is -0.351 e. The van der Waals surface area contributed by atoms with Crippen LogP contribution in [0.1, 0.15) is 22.8 Å². The van der Waals surface area contributed by atoms with Crippen molar-refractivity contribution >= 4 is 5.91 Å². The van der Waals surface area contributed by atoms with E-state index in [4.69, 9.17) is 0 Å². The molecule has 0 aliphatic heterocycles. The van der Waals surface area contributed by atoms with Crippen molar-refractivity contribution in [1.29, 1.82) is 0 Å². The molecule has 116 valence electrons. The van der Waals surface area contributed by atoms with Gasteiger partial charge in [-0.25, -0.2) is 4.39 Å². The zero-order chi connectivity index (χ0) is 15.9. The zero-order valence-electron chi connectivity index (χ0n) is 12.9. The highest BCUT2D eigenvalue weighted by Gasteiger charge is 2.12. The van der Waals surface area contributed by atoms with Gasteiger partial charge in [-0.1, -0.05) is 42.8 Å². The summed E-state index contributed by atoms with van der Waals surface area (Å²) in [6, 6.07) is 12.6. The van der Waals surface area contributed by atoms with Gasteiger partial charge in [0.15, 0.2) is 0 Å². The third-order valence-electron chi connectivity index (χ3n) is 3.44. The number of amides is 1. The molecule has 0 aliphatic carbocycles. The van der Waals surface area contributed by atoms with E-state index >= 15 is 0 Å². The molecule has 0 saturated carbocycles. The standard InChI is InChI=1S/C18H21FN2O/c1-3-20-10-11-21-18(22)16-9-8-15(12-17(16)19)14-6-4-13(2)5-7-14/h4-9,12,20H,3,10-11H2,1-2H3,(H,21,22). The van der Waals surface area contributed by atoms with Gasteiger partial charge in [0.2, 0.25) is 0 Å². The maximum atomic E-state index is 14.2. The lowest BCUT2D eigenvalue weighted by atomic mass is 10.0. The topological polar surface area (TPSA) is 41.1 Å². The van der Waals surface area contributed by atoms with Gasteiger partial charge in [-0.2, -0.15) is 0 Å². The lowest BCUT2D eigenvalue weighted by Crippen LogP contribution is -2.32. The van der Waals surface area contributed by atoms with Crippen LogP contribution in [-0.2, 0) is 0 Å². The van der Waals surface area contributed by atoms with Gasteiger partial charge in [0.05, 0.1) is 5.56 Å². The number of benzene rings is 2. The Balaban J connectivity index is 2.09. The first-order valence-electron chi connectivity index (χ1n) is 7.47. The van der Waals surface area contributed by atoms with Gasteiger partial charge in [-0.3, -0.25) is 4.79 Å². The molecular weight excluding hydrogens is 279 g/mol. The number of carbonyl (C=O) groups is 1. The summed E-state index contributed by atoms with van der Waals surface area (Å²) in [7, 11) is 0. The molecule has 0 radical (unpaired) electrons. The molecule has 3 nitrogen and oxygen atoms in total. The molecule has 1 amide bonds. The first-order valence-corrected chi connectivity index (χ1v) is 7.47. The molecule has 2 aromatic rings. The van der Waals surface area contributed by atoms with Crippen molar-refractivity contribution in [3.63, 3.8) is 0 Å². The maximum absolute atomic E-state index is 14.2. The number of likely N-dealkylation sites (N-methyl/N-ethyl adjacent to an activating group) is 1. The number of hydrogen-bond acceptors (Lipinski definition) is 2. The van der Waals surface area contributed by atoms with Gasteiger partial charge in [-0.15, -0.1) is 0 Å². The van der Waals surface area contributed by atoms with Crippen molar-refractivity contribution in [3.05, 3.63) is 59.4 Å². The molecule has 0 aliphatic rings. The molecule has 0 atom stereocenters. The number of halogens is 1. The SMILES string of the molecule is CCNCCNC(=O)c1ccc(-c2ccc(C)cc2)cc1F. The summed E-state index contributed by atoms with van der Waals surface area (Å²) in [4.78, 5) is 11.9. The minimum absolute atomic E-state index is 0.0763. The smallest absolute Gasteiger partial charge is 0.254 e. The van der Waals surface area contributed by atoms with Crippen molar-refractivity contribution in [2.24, 2.45) is 0 Å². The largest absolute Gasteiger partial charge is 0.351 e. The summed E-state index contributed by atoms with van der Waals surface area (Å²) in [6.45, 7) is 5.99. The Hall–Kier alpha value is -2.20. The molecule has 2 rings (SSSR count). The second kappa shape index (κ2) is 7.71. The van der Waals surface area contributed by atoms with Crippen LogP contribution in [0.25, 0.3) is 11.1 Å². The van der Waals surface area contributed by atoms with E-state index in [2.05, 4.69) is 10.6 Å². The van der Waals surface area contributed by atoms with Crippen molar-refractivity contribution < 1.29 is 9.18 Å². The number of hydrogen-bond donors (Lipinski definition) is 2. The molecule has 0 bridgehead atoms. The van der Waals surface area contributed by atoms with E-state index in [-0.39, 0.29) is 11.5 Å². The summed E-state index contributed by atoms with van der Waals surface area (Å²) in [6.07, 6.45) is 0. The van der Waals surface area contributed by atoms with Crippen LogP contribution in [0, 0.1) is 12.7 Å². The minimum atomic E-state index is -0.501. The summed E-state index contributed by atoms with van der Waals surface area (Å²) >= 11 is 0. The normalized spacial score (nSPS) is 10.5. The predicted octanol–water partition coefficient (Wildman–Crippen LogP) is 3.14. The Bertz CT molecular complexity index is 638. The third-order valence-corrected chi connectivity index (χ3v) is 3.44. The molecule has 0 aromatic heterocycles. The van der Waals surface area contributed by atoms with Gasteiger partial charge in [0.25, 0.3) is 5.91 Å². The first kappa shape index (κ1) is 16.2. The summed E-state index contributed by atoms with van der Waals surface area (Å²) in [5.74, 6) is -0.884. The van der Waals surface area contributed by atoms with E-state index < -0.39 is 5.82 Å². The zero-order valence-corrected chi connectivity index (χ0v) is 12.9. The Morgan fingerprint density at radius 3 is 2.36 bits per heavy atom. The Kier molecular flexibility index (Phi) is 5.67. The number of rotatable bonds is 6. The Morgan fingerprint density at radius 2 is 1.73 bits per heavy atom. The molecule has 0 unspecified atom stereocenters. The van der Waals surface area contributed by atoms with Crippen LogP contribution in [0.4, 0.5) is 4.39 Å². The molecule has 0 fully saturated rings. The van der Waals surface area contributed by atoms with Crippen molar-refractivity contribution in [1.82, 2.24) is 10.6 Å². The predicted molar refractivity (Wildman–Crippen MR) is 87.4 cm³/mol. The van der Waals surface area contributed by atoms with Crippen molar-refractivity contribution in [2.45, 2.75) is 13.8 Å². The van der Waals surface area contributed by atoms with Crippen LogP contribution in [0.3, 0.4) is 0 Å². The maximum Gasteiger partial charge on any atom is 0.254 e. The molecule has 2 N–H and O–H groups in total. The van der Waals surface area contributed by atoms with Gasteiger partial charge < -0.3 is 10.6 Å². The van der Waals surface area contributed by atoms with Crippen molar-refractivity contribution in [2.75, 3.05) is 19.6 Å². The molecule has 0 heterocycles. The Morgan fingerprint density at radius 1 is 1.05 bits per heavy atom. The van der Waals surface area contributed by atoms with Gasteiger partial charge in [0, 0.05) is 13.1 Å². The molecular formula is C18H21FN2O. The van der Waals surface area contributed by atoms with E-state index in [1.807, 2.05) is 38.1 Å². The van der Waals surface area contributed by atoms with Crippen LogP contribution in [0.2, 0.25) is 0 Å². The molecule has 22 heavy (non-hydrogen) atoms. The van der Waals surface area contributed by atoms with Crippen LogP contribution in [-0.4, -0.2) is 25.5 Å². The van der Waals surface area contributed by atoms with Gasteiger partial charge in [0.1, 0.15) is 5.82 Å². The highest BCUT2D eigenvalue weighted by molar-refractivity contribution is 5.95. The second-order valence-corrected chi connectivity index (χ2v) is 5.17. The van der Waals surface area contributed by atoms with E-state index in [1.54, 1.807) is 6.07 Å². The number of nitrogens with one attached hydrogen (secondary N) is 2. The van der Waals surface area contributed by atoms with Crippen LogP contribution < -0.4 is 10.6 Å². The average molecular weight is 300 g/mol. The molecule has 2 aromatic carbocycles. The van der Waals surface area contributed by atoms with E-state index in [9.17, 15) is 9.18 Å². The fourth-order valence-corrected chi connectivity index (χ4v) is 2.16. The highest BCUT2D eigenvalue weighted by Crippen LogP contribution is 2.22. The highest BCUT2D eigenvalue weighted by atomic mass is 19.1. The van der Waals surface area contributed by atoms with Crippen LogP contribution in [0.5, 0.6) is 0 Å². The first-order chi connectivity index (χ1) is 10.6. The lowest BCUT2D eigenvalue weighted by Gasteiger charge is -2.08. The second-order valence-electron chi connectivity index (χ2n) is 5.17.